The number of alkyl halides is 6. The molecule has 0 amide bonds. The maximum Gasteiger partial charge on any atom is 0.403 e. The summed E-state index contributed by atoms with van der Waals surface area (Å²) in [5.74, 6) is 0.190. The first-order valence-corrected chi connectivity index (χ1v) is 8.69. The van der Waals surface area contributed by atoms with Crippen LogP contribution in [0.1, 0.15) is 58.3 Å². The molecule has 0 heterocycles. The van der Waals surface area contributed by atoms with Gasteiger partial charge in [-0.3, -0.25) is 0 Å². The van der Waals surface area contributed by atoms with Crippen molar-refractivity contribution in [2.45, 2.75) is 70.6 Å². The third-order valence-corrected chi connectivity index (χ3v) is 7.16. The van der Waals surface area contributed by atoms with Gasteiger partial charge in [0, 0.05) is 0 Å². The van der Waals surface area contributed by atoms with Gasteiger partial charge in [0.15, 0.2) is 5.41 Å². The van der Waals surface area contributed by atoms with Crippen LogP contribution in [0, 0.1) is 35.0 Å². The van der Waals surface area contributed by atoms with Crippen molar-refractivity contribution in [1.29, 1.82) is 0 Å². The van der Waals surface area contributed by atoms with Gasteiger partial charge in [-0.1, -0.05) is 19.3 Å². The first-order valence-electron chi connectivity index (χ1n) is 8.69. The van der Waals surface area contributed by atoms with E-state index in [9.17, 15) is 26.3 Å². The van der Waals surface area contributed by atoms with Gasteiger partial charge in [-0.25, -0.2) is 0 Å². The summed E-state index contributed by atoms with van der Waals surface area (Å²) in [5, 5.41) is 0. The van der Waals surface area contributed by atoms with Crippen LogP contribution in [0.25, 0.3) is 0 Å². The molecule has 3 aliphatic rings. The second-order valence-corrected chi connectivity index (χ2v) is 8.08. The van der Waals surface area contributed by atoms with Crippen molar-refractivity contribution in [3.8, 4) is 0 Å². The van der Waals surface area contributed by atoms with Gasteiger partial charge in [0.1, 0.15) is 0 Å². The molecular weight excluding hydrogens is 318 g/mol. The van der Waals surface area contributed by atoms with Crippen LogP contribution < -0.4 is 0 Å². The molecule has 3 saturated carbocycles. The predicted molar refractivity (Wildman–Crippen MR) is 74.6 cm³/mol. The van der Waals surface area contributed by atoms with E-state index in [0.717, 1.165) is 32.1 Å². The summed E-state index contributed by atoms with van der Waals surface area (Å²) in [6.07, 6.45) is -4.40. The van der Waals surface area contributed by atoms with Gasteiger partial charge in [0.2, 0.25) is 0 Å². The van der Waals surface area contributed by atoms with E-state index in [-0.39, 0.29) is 18.8 Å². The Bertz CT molecular complexity index is 423. The lowest BCUT2D eigenvalue weighted by Crippen LogP contribution is -2.54. The molecule has 0 aliphatic heterocycles. The van der Waals surface area contributed by atoms with Crippen LogP contribution in [0.5, 0.6) is 0 Å². The van der Waals surface area contributed by atoms with Crippen molar-refractivity contribution in [3.05, 3.63) is 0 Å². The Balaban J connectivity index is 1.81. The van der Waals surface area contributed by atoms with Gasteiger partial charge in [0.25, 0.3) is 0 Å². The molecule has 23 heavy (non-hydrogen) atoms. The smallest absolute Gasteiger partial charge is 0.170 e. The van der Waals surface area contributed by atoms with E-state index in [4.69, 9.17) is 0 Å². The van der Waals surface area contributed by atoms with Crippen LogP contribution in [-0.2, 0) is 0 Å². The zero-order chi connectivity index (χ0) is 17.0. The minimum Gasteiger partial charge on any atom is -0.170 e. The molecule has 3 aliphatic carbocycles. The Hall–Kier alpha value is -0.420. The molecule has 5 unspecified atom stereocenters. The number of halogens is 6. The average molecular weight is 342 g/mol. The Morgan fingerprint density at radius 2 is 1.22 bits per heavy atom. The number of hydrogen-bond acceptors (Lipinski definition) is 0. The van der Waals surface area contributed by atoms with Gasteiger partial charge < -0.3 is 0 Å². The van der Waals surface area contributed by atoms with Crippen molar-refractivity contribution in [2.75, 3.05) is 0 Å². The Kier molecular flexibility index (Phi) is 4.20. The number of hydrogen-bond donors (Lipinski definition) is 0. The summed E-state index contributed by atoms with van der Waals surface area (Å²) in [4.78, 5) is 0. The molecule has 0 bridgehead atoms. The Morgan fingerprint density at radius 3 is 1.83 bits per heavy atom. The van der Waals surface area contributed by atoms with Gasteiger partial charge in [0.05, 0.1) is 0 Å². The zero-order valence-electron chi connectivity index (χ0n) is 13.3. The first kappa shape index (κ1) is 17.4. The molecule has 3 rings (SSSR count). The zero-order valence-corrected chi connectivity index (χ0v) is 13.3. The lowest BCUT2D eigenvalue weighted by atomic mass is 9.62. The highest BCUT2D eigenvalue weighted by atomic mass is 19.4. The molecule has 0 radical (unpaired) electrons. The van der Waals surface area contributed by atoms with Crippen LogP contribution in [0.15, 0.2) is 0 Å². The monoisotopic (exact) mass is 342 g/mol. The van der Waals surface area contributed by atoms with Crippen molar-refractivity contribution in [1.82, 2.24) is 0 Å². The number of fused-ring (bicyclic) bond motifs is 3. The third-order valence-electron chi connectivity index (χ3n) is 7.16. The summed E-state index contributed by atoms with van der Waals surface area (Å²) in [5.41, 5.74) is -3.57. The fraction of sp³-hybridized carbons (Fsp3) is 1.00. The highest BCUT2D eigenvalue weighted by Gasteiger charge is 2.71. The lowest BCUT2D eigenvalue weighted by Gasteiger charge is -2.45. The van der Waals surface area contributed by atoms with E-state index in [1.165, 1.54) is 0 Å². The summed E-state index contributed by atoms with van der Waals surface area (Å²) in [7, 11) is 0. The normalized spacial score (nSPS) is 39.0. The summed E-state index contributed by atoms with van der Waals surface area (Å²) < 4.78 is 79.8. The second-order valence-electron chi connectivity index (χ2n) is 8.08. The van der Waals surface area contributed by atoms with Crippen molar-refractivity contribution < 1.29 is 26.3 Å². The van der Waals surface area contributed by atoms with E-state index in [2.05, 4.69) is 0 Å². The Labute approximate surface area is 133 Å². The van der Waals surface area contributed by atoms with Gasteiger partial charge in [-0.15, -0.1) is 0 Å². The van der Waals surface area contributed by atoms with Crippen molar-refractivity contribution >= 4 is 0 Å². The van der Waals surface area contributed by atoms with Gasteiger partial charge in [-0.05, 0) is 68.6 Å². The highest BCUT2D eigenvalue weighted by Crippen LogP contribution is 2.62. The standard InChI is InChI=1S/C17H24F6/c1-15(16(18,19)20,17(21,22)23)12-6-7-14-11(9-12)8-10-4-2-3-5-13(10)14/h10-14H,2-9H2,1H3. The predicted octanol–water partition coefficient (Wildman–Crippen LogP) is 6.36. The quantitative estimate of drug-likeness (QED) is 0.486. The molecule has 0 aromatic rings. The third kappa shape index (κ3) is 2.68. The summed E-state index contributed by atoms with van der Waals surface area (Å²) in [6, 6.07) is 0. The molecular formula is C17H24F6. The molecule has 0 aromatic carbocycles. The highest BCUT2D eigenvalue weighted by molar-refractivity contribution is 5.02. The molecule has 0 N–H and O–H groups in total. The topological polar surface area (TPSA) is 0 Å². The molecule has 134 valence electrons. The molecule has 5 atom stereocenters. The molecule has 3 fully saturated rings. The number of rotatable bonds is 1. The van der Waals surface area contributed by atoms with Crippen LogP contribution >= 0.6 is 0 Å². The molecule has 6 heteroatoms. The average Bonchev–Trinajstić information content (AvgIpc) is 2.81. The van der Waals surface area contributed by atoms with Crippen molar-refractivity contribution in [2.24, 2.45) is 35.0 Å². The second kappa shape index (κ2) is 5.55. The maximum atomic E-state index is 13.3. The Morgan fingerprint density at radius 1 is 0.652 bits per heavy atom. The van der Waals surface area contributed by atoms with E-state index in [0.29, 0.717) is 31.1 Å². The van der Waals surface area contributed by atoms with Crippen LogP contribution in [-0.4, -0.2) is 12.4 Å². The minimum absolute atomic E-state index is 0.0555. The van der Waals surface area contributed by atoms with Gasteiger partial charge >= 0.3 is 12.4 Å². The van der Waals surface area contributed by atoms with Crippen LogP contribution in [0.4, 0.5) is 26.3 Å². The SMILES string of the molecule is CC(C1CCC2C(CC3CCCCC32)C1)(C(F)(F)F)C(F)(F)F. The molecule has 0 aromatic heterocycles. The van der Waals surface area contributed by atoms with E-state index in [1.807, 2.05) is 0 Å². The summed E-state index contributed by atoms with van der Waals surface area (Å²) >= 11 is 0. The van der Waals surface area contributed by atoms with Crippen LogP contribution in [0.2, 0.25) is 0 Å². The fourth-order valence-corrected chi connectivity index (χ4v) is 5.75. The lowest BCUT2D eigenvalue weighted by molar-refractivity contribution is -0.355. The fourth-order valence-electron chi connectivity index (χ4n) is 5.75. The van der Waals surface area contributed by atoms with E-state index < -0.39 is 23.7 Å². The minimum atomic E-state index is -5.24. The maximum absolute atomic E-state index is 13.3. The first-order chi connectivity index (χ1) is 10.6. The summed E-state index contributed by atoms with van der Waals surface area (Å²) in [6.45, 7) is 0.375. The van der Waals surface area contributed by atoms with Crippen molar-refractivity contribution in [3.63, 3.8) is 0 Å². The molecule has 0 spiro atoms. The largest absolute Gasteiger partial charge is 0.403 e. The van der Waals surface area contributed by atoms with Crippen LogP contribution in [0.3, 0.4) is 0 Å². The van der Waals surface area contributed by atoms with E-state index in [1.54, 1.807) is 0 Å². The van der Waals surface area contributed by atoms with E-state index >= 15 is 0 Å². The van der Waals surface area contributed by atoms with Gasteiger partial charge in [-0.2, -0.15) is 26.3 Å². The molecule has 0 nitrogen and oxygen atoms in total. The molecule has 0 saturated heterocycles.